The first-order chi connectivity index (χ1) is 8.19. The number of nitrogens with one attached hydrogen (secondary N) is 1. The standard InChI is InChI=1S/C10H14IN3O3/c1-2-16-9(15)6-14-5-8(11)10(13-14)17-7-3-12-4-7/h5,7,12H,2-4,6H2,1H3. The Morgan fingerprint density at radius 1 is 1.71 bits per heavy atom. The summed E-state index contributed by atoms with van der Waals surface area (Å²) in [6.45, 7) is 3.98. The van der Waals surface area contributed by atoms with Crippen LogP contribution in [-0.4, -0.2) is 41.6 Å². The predicted molar refractivity (Wildman–Crippen MR) is 68.9 cm³/mol. The van der Waals surface area contributed by atoms with Gasteiger partial charge in [-0.1, -0.05) is 0 Å². The minimum atomic E-state index is -0.289. The van der Waals surface area contributed by atoms with Crippen molar-refractivity contribution < 1.29 is 14.3 Å². The van der Waals surface area contributed by atoms with Crippen molar-refractivity contribution in [1.29, 1.82) is 0 Å². The van der Waals surface area contributed by atoms with Crippen LogP contribution in [0.15, 0.2) is 6.20 Å². The molecule has 1 N–H and O–H groups in total. The molecular weight excluding hydrogens is 337 g/mol. The highest BCUT2D eigenvalue weighted by Crippen LogP contribution is 2.20. The van der Waals surface area contributed by atoms with Gasteiger partial charge in [0, 0.05) is 19.3 Å². The van der Waals surface area contributed by atoms with E-state index in [-0.39, 0.29) is 18.6 Å². The molecule has 0 saturated carbocycles. The van der Waals surface area contributed by atoms with Crippen LogP contribution in [0.2, 0.25) is 0 Å². The van der Waals surface area contributed by atoms with E-state index in [2.05, 4.69) is 33.0 Å². The lowest BCUT2D eigenvalue weighted by Gasteiger charge is -2.26. The van der Waals surface area contributed by atoms with E-state index >= 15 is 0 Å². The number of hydrogen-bond donors (Lipinski definition) is 1. The van der Waals surface area contributed by atoms with Crippen molar-refractivity contribution in [2.45, 2.75) is 19.6 Å². The Hall–Kier alpha value is -0.830. The van der Waals surface area contributed by atoms with E-state index in [9.17, 15) is 4.79 Å². The van der Waals surface area contributed by atoms with Crippen LogP contribution in [0, 0.1) is 3.57 Å². The number of esters is 1. The zero-order valence-electron chi connectivity index (χ0n) is 9.48. The fraction of sp³-hybridized carbons (Fsp3) is 0.600. The number of rotatable bonds is 5. The Morgan fingerprint density at radius 2 is 2.47 bits per heavy atom. The van der Waals surface area contributed by atoms with Gasteiger partial charge in [-0.2, -0.15) is 0 Å². The molecule has 0 aromatic carbocycles. The number of aromatic nitrogens is 2. The maximum atomic E-state index is 11.3. The van der Waals surface area contributed by atoms with E-state index < -0.39 is 0 Å². The summed E-state index contributed by atoms with van der Waals surface area (Å²) in [7, 11) is 0. The van der Waals surface area contributed by atoms with Crippen LogP contribution in [0.1, 0.15) is 6.92 Å². The quantitative estimate of drug-likeness (QED) is 0.615. The number of hydrogen-bond acceptors (Lipinski definition) is 5. The first-order valence-corrected chi connectivity index (χ1v) is 6.53. The molecule has 1 aromatic heterocycles. The fourth-order valence-electron chi connectivity index (χ4n) is 1.38. The summed E-state index contributed by atoms with van der Waals surface area (Å²) in [4.78, 5) is 11.3. The average molecular weight is 351 g/mol. The predicted octanol–water partition coefficient (Wildman–Crippen LogP) is 0.401. The Balaban J connectivity index is 1.94. The molecule has 1 aliphatic heterocycles. The van der Waals surface area contributed by atoms with Gasteiger partial charge in [0.25, 0.3) is 0 Å². The molecule has 0 unspecified atom stereocenters. The molecule has 94 valence electrons. The van der Waals surface area contributed by atoms with Gasteiger partial charge < -0.3 is 14.8 Å². The smallest absolute Gasteiger partial charge is 0.327 e. The normalized spacial score (nSPS) is 15.4. The highest BCUT2D eigenvalue weighted by molar-refractivity contribution is 14.1. The Morgan fingerprint density at radius 3 is 3.06 bits per heavy atom. The molecule has 1 aliphatic rings. The summed E-state index contributed by atoms with van der Waals surface area (Å²) in [6, 6.07) is 0. The van der Waals surface area contributed by atoms with Gasteiger partial charge in [0.05, 0.1) is 10.2 Å². The monoisotopic (exact) mass is 351 g/mol. The molecule has 0 aliphatic carbocycles. The molecule has 2 rings (SSSR count). The largest absolute Gasteiger partial charge is 0.470 e. The van der Waals surface area contributed by atoms with Crippen molar-refractivity contribution in [3.05, 3.63) is 9.77 Å². The van der Waals surface area contributed by atoms with Gasteiger partial charge in [-0.3, -0.25) is 9.48 Å². The van der Waals surface area contributed by atoms with Crippen LogP contribution in [-0.2, 0) is 16.1 Å². The maximum absolute atomic E-state index is 11.3. The van der Waals surface area contributed by atoms with Crippen molar-refractivity contribution >= 4 is 28.6 Å². The van der Waals surface area contributed by atoms with Crippen molar-refractivity contribution in [2.75, 3.05) is 19.7 Å². The molecule has 1 saturated heterocycles. The van der Waals surface area contributed by atoms with E-state index in [1.807, 2.05) is 0 Å². The highest BCUT2D eigenvalue weighted by Gasteiger charge is 2.21. The van der Waals surface area contributed by atoms with Gasteiger partial charge in [0.1, 0.15) is 12.6 Å². The van der Waals surface area contributed by atoms with Gasteiger partial charge in [0.2, 0.25) is 5.88 Å². The Bertz CT molecular complexity index is 404. The first-order valence-electron chi connectivity index (χ1n) is 5.45. The lowest BCUT2D eigenvalue weighted by atomic mass is 10.2. The molecule has 0 radical (unpaired) electrons. The van der Waals surface area contributed by atoms with Gasteiger partial charge in [-0.05, 0) is 29.5 Å². The van der Waals surface area contributed by atoms with Crippen LogP contribution in [0.3, 0.4) is 0 Å². The van der Waals surface area contributed by atoms with E-state index in [1.54, 1.807) is 17.8 Å². The van der Waals surface area contributed by atoms with Gasteiger partial charge in [-0.15, -0.1) is 5.10 Å². The second-order valence-electron chi connectivity index (χ2n) is 3.68. The van der Waals surface area contributed by atoms with E-state index in [4.69, 9.17) is 9.47 Å². The number of ether oxygens (including phenoxy) is 2. The van der Waals surface area contributed by atoms with Crippen LogP contribution in [0.4, 0.5) is 0 Å². The second kappa shape index (κ2) is 5.67. The van der Waals surface area contributed by atoms with Crippen molar-refractivity contribution in [1.82, 2.24) is 15.1 Å². The lowest BCUT2D eigenvalue weighted by molar-refractivity contribution is -0.144. The summed E-state index contributed by atoms with van der Waals surface area (Å²) in [5, 5.41) is 7.33. The van der Waals surface area contributed by atoms with Crippen molar-refractivity contribution in [2.24, 2.45) is 0 Å². The number of carbonyl (C=O) groups excluding carboxylic acids is 1. The van der Waals surface area contributed by atoms with E-state index in [0.29, 0.717) is 12.5 Å². The number of carbonyl (C=O) groups is 1. The topological polar surface area (TPSA) is 65.4 Å². The highest BCUT2D eigenvalue weighted by atomic mass is 127. The van der Waals surface area contributed by atoms with Gasteiger partial charge in [0.15, 0.2) is 0 Å². The van der Waals surface area contributed by atoms with Gasteiger partial charge >= 0.3 is 5.97 Å². The molecular formula is C10H14IN3O3. The summed E-state index contributed by atoms with van der Waals surface area (Å²) in [6.07, 6.45) is 1.97. The SMILES string of the molecule is CCOC(=O)Cn1cc(I)c(OC2CNC2)n1. The molecule has 2 heterocycles. The zero-order valence-corrected chi connectivity index (χ0v) is 11.6. The third-order valence-corrected chi connectivity index (χ3v) is 3.04. The Kier molecular flexibility index (Phi) is 4.21. The summed E-state index contributed by atoms with van der Waals surface area (Å²) in [5.41, 5.74) is 0. The maximum Gasteiger partial charge on any atom is 0.327 e. The lowest BCUT2D eigenvalue weighted by Crippen LogP contribution is -2.50. The molecule has 7 heteroatoms. The summed E-state index contributed by atoms with van der Waals surface area (Å²) < 4.78 is 12.9. The van der Waals surface area contributed by atoms with E-state index in [1.165, 1.54) is 0 Å². The molecule has 0 spiro atoms. The average Bonchev–Trinajstić information content (AvgIpc) is 2.53. The third kappa shape index (κ3) is 3.32. The molecule has 6 nitrogen and oxygen atoms in total. The first kappa shape index (κ1) is 12.6. The van der Waals surface area contributed by atoms with Crippen LogP contribution < -0.4 is 10.1 Å². The molecule has 0 bridgehead atoms. The summed E-state index contributed by atoms with van der Waals surface area (Å²) in [5.74, 6) is 0.296. The molecule has 0 amide bonds. The summed E-state index contributed by atoms with van der Waals surface area (Å²) >= 11 is 2.14. The fourth-order valence-corrected chi connectivity index (χ4v) is 1.94. The Labute approximate surface area is 113 Å². The van der Waals surface area contributed by atoms with Crippen LogP contribution in [0.25, 0.3) is 0 Å². The second-order valence-corrected chi connectivity index (χ2v) is 4.85. The van der Waals surface area contributed by atoms with Crippen molar-refractivity contribution in [3.8, 4) is 5.88 Å². The molecule has 1 aromatic rings. The molecule has 0 atom stereocenters. The minimum Gasteiger partial charge on any atom is -0.470 e. The van der Waals surface area contributed by atoms with Crippen LogP contribution >= 0.6 is 22.6 Å². The number of halogens is 1. The minimum absolute atomic E-state index is 0.121. The van der Waals surface area contributed by atoms with E-state index in [0.717, 1.165) is 16.7 Å². The van der Waals surface area contributed by atoms with Gasteiger partial charge in [-0.25, -0.2) is 0 Å². The molecule has 1 fully saturated rings. The molecule has 17 heavy (non-hydrogen) atoms. The third-order valence-electron chi connectivity index (χ3n) is 2.30. The number of nitrogens with zero attached hydrogens (tertiary/aromatic N) is 2. The van der Waals surface area contributed by atoms with Crippen molar-refractivity contribution in [3.63, 3.8) is 0 Å². The zero-order chi connectivity index (χ0) is 12.3. The van der Waals surface area contributed by atoms with Crippen LogP contribution in [0.5, 0.6) is 5.88 Å².